The van der Waals surface area contributed by atoms with E-state index < -0.39 is 0 Å². The third kappa shape index (κ3) is 2.35. The van der Waals surface area contributed by atoms with Gasteiger partial charge >= 0.3 is 0 Å². The fraction of sp³-hybridized carbons (Fsp3) is 0.368. The zero-order valence-corrected chi connectivity index (χ0v) is 15.0. The predicted octanol–water partition coefficient (Wildman–Crippen LogP) is 1.35. The quantitative estimate of drug-likeness (QED) is 0.664. The number of nitrogens with two attached hydrogens (primary N) is 1. The summed E-state index contributed by atoms with van der Waals surface area (Å²) in [6.07, 6.45) is 7.80. The zero-order valence-electron chi connectivity index (χ0n) is 15.0. The molecule has 0 bridgehead atoms. The molecule has 0 radical (unpaired) electrons. The van der Waals surface area contributed by atoms with Crippen molar-refractivity contribution in [3.63, 3.8) is 0 Å². The topological polar surface area (TPSA) is 87.8 Å². The van der Waals surface area contributed by atoms with Crippen LogP contribution in [0.4, 0.5) is 5.82 Å². The number of fused-ring (bicyclic) bond motifs is 1. The van der Waals surface area contributed by atoms with E-state index in [0.717, 1.165) is 41.3 Å². The molecule has 0 unspecified atom stereocenters. The fourth-order valence-electron chi connectivity index (χ4n) is 4.20. The van der Waals surface area contributed by atoms with Crippen LogP contribution in [0.1, 0.15) is 6.92 Å². The first-order valence-corrected chi connectivity index (χ1v) is 8.94. The molecule has 3 atom stereocenters. The van der Waals surface area contributed by atoms with Gasteiger partial charge in [-0.05, 0) is 25.1 Å². The molecule has 7 nitrogen and oxygen atoms in total. The van der Waals surface area contributed by atoms with E-state index in [9.17, 15) is 0 Å². The smallest absolute Gasteiger partial charge is 0.128 e. The van der Waals surface area contributed by atoms with E-state index in [4.69, 9.17) is 10.7 Å². The van der Waals surface area contributed by atoms with Crippen LogP contribution in [0.2, 0.25) is 0 Å². The number of hydrogen-bond acceptors (Lipinski definition) is 5. The molecule has 4 N–H and O–H groups in total. The highest BCUT2D eigenvalue weighted by Gasteiger charge is 2.53. The van der Waals surface area contributed by atoms with Gasteiger partial charge in [0.25, 0.3) is 0 Å². The number of nitrogens with zero attached hydrogens (tertiary/aromatic N) is 4. The van der Waals surface area contributed by atoms with Crippen LogP contribution >= 0.6 is 0 Å². The summed E-state index contributed by atoms with van der Waals surface area (Å²) in [6.45, 7) is 3.95. The molecule has 0 aliphatic carbocycles. The summed E-state index contributed by atoms with van der Waals surface area (Å²) in [5, 5.41) is 7.72. The standard InChI is InChI=1S/C19H23N7/c1-19(20)11-23-16-10-26(18(16)19)17-4-3-12(6-22-17)13-5-15(21-7-13)14-8-24-25(2)9-14/h3-9,16,18,21,23H,10-11,20H2,1-2H3/t16-,18+,19-/m0/s1. The Hall–Kier alpha value is -2.64. The number of H-pyrrole nitrogens is 1. The first-order chi connectivity index (χ1) is 12.5. The maximum Gasteiger partial charge on any atom is 0.128 e. The lowest BCUT2D eigenvalue weighted by atomic mass is 9.85. The SMILES string of the molecule is Cn1cc(-c2cc(-c3ccc(N4C[C@@H]5NC[C@](C)(N)[C@@H]54)nc3)c[nH]2)cn1. The van der Waals surface area contributed by atoms with Gasteiger partial charge < -0.3 is 20.9 Å². The Labute approximate surface area is 152 Å². The van der Waals surface area contributed by atoms with Crippen molar-refractivity contribution in [2.75, 3.05) is 18.0 Å². The summed E-state index contributed by atoms with van der Waals surface area (Å²) in [7, 11) is 1.92. The zero-order chi connectivity index (χ0) is 17.9. The molecule has 3 aromatic rings. The molecule has 5 heterocycles. The molecule has 2 aliphatic heterocycles. The molecule has 0 spiro atoms. The Morgan fingerprint density at radius 2 is 2.12 bits per heavy atom. The van der Waals surface area contributed by atoms with Crippen molar-refractivity contribution < 1.29 is 0 Å². The Kier molecular flexibility index (Phi) is 3.26. The maximum absolute atomic E-state index is 6.43. The number of hydrogen-bond donors (Lipinski definition) is 3. The third-order valence-corrected chi connectivity index (χ3v) is 5.61. The van der Waals surface area contributed by atoms with Crippen LogP contribution in [0.5, 0.6) is 0 Å². The largest absolute Gasteiger partial charge is 0.360 e. The minimum Gasteiger partial charge on any atom is -0.360 e. The number of anilines is 1. The number of aromatic nitrogens is 4. The first-order valence-electron chi connectivity index (χ1n) is 8.94. The Morgan fingerprint density at radius 1 is 1.23 bits per heavy atom. The van der Waals surface area contributed by atoms with Crippen LogP contribution in [0, 0.1) is 0 Å². The Bertz CT molecular complexity index is 937. The summed E-state index contributed by atoms with van der Waals surface area (Å²) in [6, 6.07) is 7.16. The number of aromatic amines is 1. The van der Waals surface area contributed by atoms with Gasteiger partial charge in [-0.15, -0.1) is 0 Å². The van der Waals surface area contributed by atoms with Gasteiger partial charge in [0.1, 0.15) is 5.82 Å². The van der Waals surface area contributed by atoms with E-state index in [1.165, 1.54) is 0 Å². The second-order valence-electron chi connectivity index (χ2n) is 7.70. The molecule has 0 aromatic carbocycles. The lowest BCUT2D eigenvalue weighted by molar-refractivity contribution is 0.319. The van der Waals surface area contributed by atoms with E-state index in [2.05, 4.69) is 45.4 Å². The minimum absolute atomic E-state index is 0.206. The molecular weight excluding hydrogens is 326 g/mol. The predicted molar refractivity (Wildman–Crippen MR) is 102 cm³/mol. The van der Waals surface area contributed by atoms with Gasteiger partial charge in [0.15, 0.2) is 0 Å². The van der Waals surface area contributed by atoms with Crippen LogP contribution in [0.15, 0.2) is 43.0 Å². The summed E-state index contributed by atoms with van der Waals surface area (Å²) in [5.41, 5.74) is 10.6. The monoisotopic (exact) mass is 349 g/mol. The molecule has 134 valence electrons. The molecular formula is C19H23N7. The van der Waals surface area contributed by atoms with Crippen molar-refractivity contribution >= 4 is 5.82 Å². The van der Waals surface area contributed by atoms with E-state index in [-0.39, 0.29) is 5.54 Å². The molecule has 3 aromatic heterocycles. The van der Waals surface area contributed by atoms with E-state index in [1.807, 2.05) is 31.8 Å². The van der Waals surface area contributed by atoms with Crippen molar-refractivity contribution in [2.24, 2.45) is 12.8 Å². The van der Waals surface area contributed by atoms with Gasteiger partial charge in [-0.2, -0.15) is 5.10 Å². The summed E-state index contributed by atoms with van der Waals surface area (Å²) in [4.78, 5) is 10.3. The molecule has 5 rings (SSSR count). The number of aryl methyl sites for hydroxylation is 1. The lowest BCUT2D eigenvalue weighted by Gasteiger charge is -2.49. The average molecular weight is 349 g/mol. The normalized spacial score (nSPS) is 27.4. The molecule has 0 amide bonds. The molecule has 7 heteroatoms. The highest BCUT2D eigenvalue weighted by molar-refractivity contribution is 5.71. The van der Waals surface area contributed by atoms with Gasteiger partial charge in [0, 0.05) is 72.7 Å². The molecule has 2 saturated heterocycles. The molecule has 0 saturated carbocycles. The van der Waals surface area contributed by atoms with Crippen molar-refractivity contribution in [2.45, 2.75) is 24.5 Å². The molecule has 2 aliphatic rings. The van der Waals surface area contributed by atoms with E-state index >= 15 is 0 Å². The second kappa shape index (κ2) is 5.43. The Morgan fingerprint density at radius 3 is 2.81 bits per heavy atom. The fourth-order valence-corrected chi connectivity index (χ4v) is 4.20. The average Bonchev–Trinajstić information content (AvgIpc) is 3.27. The second-order valence-corrected chi connectivity index (χ2v) is 7.70. The summed E-state index contributed by atoms with van der Waals surface area (Å²) >= 11 is 0. The van der Waals surface area contributed by atoms with Crippen LogP contribution in [0.3, 0.4) is 0 Å². The van der Waals surface area contributed by atoms with Crippen LogP contribution in [-0.4, -0.2) is 50.5 Å². The van der Waals surface area contributed by atoms with Crippen molar-refractivity contribution in [3.05, 3.63) is 43.0 Å². The van der Waals surface area contributed by atoms with Gasteiger partial charge in [-0.3, -0.25) is 4.68 Å². The van der Waals surface area contributed by atoms with Crippen molar-refractivity contribution in [1.29, 1.82) is 0 Å². The third-order valence-electron chi connectivity index (χ3n) is 5.61. The highest BCUT2D eigenvalue weighted by Crippen LogP contribution is 2.35. The van der Waals surface area contributed by atoms with Gasteiger partial charge in [0.2, 0.25) is 0 Å². The van der Waals surface area contributed by atoms with Crippen molar-refractivity contribution in [1.82, 2.24) is 25.1 Å². The van der Waals surface area contributed by atoms with Crippen LogP contribution < -0.4 is 16.0 Å². The molecule has 2 fully saturated rings. The maximum atomic E-state index is 6.43. The van der Waals surface area contributed by atoms with Gasteiger partial charge in [-0.1, -0.05) is 0 Å². The van der Waals surface area contributed by atoms with Crippen molar-refractivity contribution in [3.8, 4) is 22.4 Å². The minimum atomic E-state index is -0.206. The van der Waals surface area contributed by atoms with E-state index in [0.29, 0.717) is 12.1 Å². The van der Waals surface area contributed by atoms with Crippen LogP contribution in [-0.2, 0) is 7.05 Å². The van der Waals surface area contributed by atoms with Crippen LogP contribution in [0.25, 0.3) is 22.4 Å². The van der Waals surface area contributed by atoms with Gasteiger partial charge in [0.05, 0.1) is 12.2 Å². The summed E-state index contributed by atoms with van der Waals surface area (Å²) < 4.78 is 1.80. The van der Waals surface area contributed by atoms with Gasteiger partial charge in [-0.25, -0.2) is 4.98 Å². The summed E-state index contributed by atoms with van der Waals surface area (Å²) in [5.74, 6) is 0.999. The highest BCUT2D eigenvalue weighted by atomic mass is 15.4. The van der Waals surface area contributed by atoms with E-state index in [1.54, 1.807) is 4.68 Å². The first kappa shape index (κ1) is 15.6. The number of pyridine rings is 1. The number of nitrogens with one attached hydrogen (secondary N) is 2. The Balaban J connectivity index is 1.37. The molecule has 26 heavy (non-hydrogen) atoms. The lowest BCUT2D eigenvalue weighted by Crippen LogP contribution is -2.69. The number of rotatable bonds is 3.